The molecule has 5 heteroatoms. The van der Waals surface area contributed by atoms with Crippen LogP contribution in [0.2, 0.25) is 0 Å². The summed E-state index contributed by atoms with van der Waals surface area (Å²) >= 11 is 0. The standard InChI is InChI=1S/C5H8F2N2O/c6-5(7)3-9-8-2-1-4(5)10/h4,10H,1-3H2. The molecule has 0 aliphatic carbocycles. The Labute approximate surface area is 56.8 Å². The molecule has 10 heavy (non-hydrogen) atoms. The van der Waals surface area contributed by atoms with E-state index in [0.717, 1.165) is 0 Å². The molecule has 0 saturated heterocycles. The van der Waals surface area contributed by atoms with E-state index in [4.69, 9.17) is 5.11 Å². The molecule has 1 rings (SSSR count). The Morgan fingerprint density at radius 1 is 1.40 bits per heavy atom. The van der Waals surface area contributed by atoms with E-state index in [1.54, 1.807) is 0 Å². The zero-order valence-electron chi connectivity index (χ0n) is 5.30. The summed E-state index contributed by atoms with van der Waals surface area (Å²) in [6.45, 7) is -0.495. The van der Waals surface area contributed by atoms with Gasteiger partial charge in [0.25, 0.3) is 5.92 Å². The second kappa shape index (κ2) is 2.57. The minimum atomic E-state index is -3.08. The molecule has 0 saturated carbocycles. The van der Waals surface area contributed by atoms with Gasteiger partial charge in [-0.05, 0) is 0 Å². The first-order valence-corrected chi connectivity index (χ1v) is 3.02. The lowest BCUT2D eigenvalue weighted by Gasteiger charge is -2.16. The van der Waals surface area contributed by atoms with E-state index < -0.39 is 18.6 Å². The fourth-order valence-electron chi connectivity index (χ4n) is 0.712. The van der Waals surface area contributed by atoms with Gasteiger partial charge in [0.1, 0.15) is 12.6 Å². The Balaban J connectivity index is 2.62. The maximum absolute atomic E-state index is 12.5. The molecule has 1 unspecified atom stereocenters. The molecule has 1 aliphatic rings. The topological polar surface area (TPSA) is 45.0 Å². The van der Waals surface area contributed by atoms with Gasteiger partial charge in [-0.15, -0.1) is 0 Å². The predicted molar refractivity (Wildman–Crippen MR) is 30.2 cm³/mol. The van der Waals surface area contributed by atoms with Crippen molar-refractivity contribution in [1.29, 1.82) is 0 Å². The number of azo groups is 1. The normalized spacial score (nSPS) is 31.7. The SMILES string of the molecule is OC1CCN=NCC1(F)F. The van der Waals surface area contributed by atoms with Gasteiger partial charge in [0, 0.05) is 6.42 Å². The van der Waals surface area contributed by atoms with Crippen LogP contribution in [-0.2, 0) is 0 Å². The van der Waals surface area contributed by atoms with Crippen LogP contribution >= 0.6 is 0 Å². The lowest BCUT2D eigenvalue weighted by molar-refractivity contribution is -0.0985. The molecule has 1 heterocycles. The predicted octanol–water partition coefficient (Wildman–Crippen LogP) is 0.839. The lowest BCUT2D eigenvalue weighted by atomic mass is 10.1. The quantitative estimate of drug-likeness (QED) is 0.546. The van der Waals surface area contributed by atoms with Crippen LogP contribution in [0, 0.1) is 0 Å². The van der Waals surface area contributed by atoms with Crippen molar-refractivity contribution in [2.75, 3.05) is 13.1 Å². The number of aliphatic hydroxyl groups excluding tert-OH is 1. The highest BCUT2D eigenvalue weighted by Crippen LogP contribution is 2.23. The molecule has 3 nitrogen and oxygen atoms in total. The maximum Gasteiger partial charge on any atom is 0.294 e. The molecular weight excluding hydrogens is 142 g/mol. The zero-order chi connectivity index (χ0) is 7.61. The highest BCUT2D eigenvalue weighted by molar-refractivity contribution is 4.80. The van der Waals surface area contributed by atoms with Crippen molar-refractivity contribution in [3.05, 3.63) is 0 Å². The van der Waals surface area contributed by atoms with E-state index in [9.17, 15) is 8.78 Å². The molecule has 0 radical (unpaired) electrons. The van der Waals surface area contributed by atoms with Gasteiger partial charge < -0.3 is 5.11 Å². The summed E-state index contributed by atoms with van der Waals surface area (Å²) in [6.07, 6.45) is -1.58. The molecule has 1 aliphatic heterocycles. The van der Waals surface area contributed by atoms with Gasteiger partial charge in [0.05, 0.1) is 6.54 Å². The van der Waals surface area contributed by atoms with Crippen LogP contribution in [0.25, 0.3) is 0 Å². The molecule has 0 amide bonds. The van der Waals surface area contributed by atoms with Crippen LogP contribution < -0.4 is 0 Å². The van der Waals surface area contributed by atoms with Gasteiger partial charge in [0.15, 0.2) is 0 Å². The fraction of sp³-hybridized carbons (Fsp3) is 1.00. The maximum atomic E-state index is 12.5. The highest BCUT2D eigenvalue weighted by Gasteiger charge is 2.38. The summed E-state index contributed by atoms with van der Waals surface area (Å²) < 4.78 is 24.9. The van der Waals surface area contributed by atoms with E-state index >= 15 is 0 Å². The van der Waals surface area contributed by atoms with E-state index in [-0.39, 0.29) is 13.0 Å². The third-order valence-electron chi connectivity index (χ3n) is 1.37. The smallest absolute Gasteiger partial charge is 0.294 e. The van der Waals surface area contributed by atoms with Gasteiger partial charge in [-0.2, -0.15) is 10.2 Å². The van der Waals surface area contributed by atoms with Crippen molar-refractivity contribution in [3.63, 3.8) is 0 Å². The summed E-state index contributed by atoms with van der Waals surface area (Å²) in [5.41, 5.74) is 0. The average molecular weight is 150 g/mol. The first-order valence-electron chi connectivity index (χ1n) is 3.02. The van der Waals surface area contributed by atoms with Crippen molar-refractivity contribution in [1.82, 2.24) is 0 Å². The summed E-state index contributed by atoms with van der Waals surface area (Å²) in [5.74, 6) is -3.08. The van der Waals surface area contributed by atoms with Crippen LogP contribution in [0.4, 0.5) is 8.78 Å². The molecule has 1 atom stereocenters. The van der Waals surface area contributed by atoms with Crippen molar-refractivity contribution >= 4 is 0 Å². The fourth-order valence-corrected chi connectivity index (χ4v) is 0.712. The Morgan fingerprint density at radius 3 is 2.80 bits per heavy atom. The van der Waals surface area contributed by atoms with E-state index in [1.165, 1.54) is 0 Å². The Hall–Kier alpha value is -0.580. The lowest BCUT2D eigenvalue weighted by Crippen LogP contribution is -2.35. The minimum absolute atomic E-state index is 0.00347. The number of hydrogen-bond acceptors (Lipinski definition) is 3. The van der Waals surface area contributed by atoms with Gasteiger partial charge >= 0.3 is 0 Å². The molecule has 0 spiro atoms. The summed E-state index contributed by atoms with van der Waals surface area (Å²) in [4.78, 5) is 0. The second-order valence-corrected chi connectivity index (χ2v) is 2.23. The van der Waals surface area contributed by atoms with Gasteiger partial charge in [-0.1, -0.05) is 0 Å². The van der Waals surface area contributed by atoms with Crippen molar-refractivity contribution in [3.8, 4) is 0 Å². The largest absolute Gasteiger partial charge is 0.387 e. The second-order valence-electron chi connectivity index (χ2n) is 2.23. The van der Waals surface area contributed by atoms with Crippen LogP contribution in [0.3, 0.4) is 0 Å². The Morgan fingerprint density at radius 2 is 2.10 bits per heavy atom. The van der Waals surface area contributed by atoms with E-state index in [2.05, 4.69) is 10.2 Å². The summed E-state index contributed by atoms with van der Waals surface area (Å²) in [5, 5.41) is 15.3. The molecular formula is C5H8F2N2O. The summed E-state index contributed by atoms with van der Waals surface area (Å²) in [7, 11) is 0. The highest BCUT2D eigenvalue weighted by atomic mass is 19.3. The van der Waals surface area contributed by atoms with E-state index in [1.807, 2.05) is 0 Å². The van der Waals surface area contributed by atoms with Crippen molar-refractivity contribution in [2.24, 2.45) is 10.2 Å². The molecule has 0 bridgehead atoms. The first-order chi connectivity index (χ1) is 4.63. The third-order valence-corrected chi connectivity index (χ3v) is 1.37. The van der Waals surface area contributed by atoms with Gasteiger partial charge in [-0.25, -0.2) is 8.78 Å². The van der Waals surface area contributed by atoms with Gasteiger partial charge in [-0.3, -0.25) is 0 Å². The molecule has 0 fully saturated rings. The van der Waals surface area contributed by atoms with Crippen LogP contribution in [-0.4, -0.2) is 30.2 Å². The van der Waals surface area contributed by atoms with Crippen molar-refractivity contribution < 1.29 is 13.9 Å². The van der Waals surface area contributed by atoms with Crippen LogP contribution in [0.1, 0.15) is 6.42 Å². The zero-order valence-corrected chi connectivity index (χ0v) is 5.30. The summed E-state index contributed by atoms with van der Waals surface area (Å²) in [6, 6.07) is 0. The Kier molecular flexibility index (Phi) is 1.94. The number of rotatable bonds is 0. The molecule has 0 aromatic heterocycles. The first kappa shape index (κ1) is 7.53. The molecule has 0 aromatic carbocycles. The van der Waals surface area contributed by atoms with E-state index in [0.29, 0.717) is 0 Å². The monoisotopic (exact) mass is 150 g/mol. The molecule has 0 aromatic rings. The number of nitrogens with zero attached hydrogens (tertiary/aromatic N) is 2. The molecule has 58 valence electrons. The Bertz CT molecular complexity index is 149. The van der Waals surface area contributed by atoms with Gasteiger partial charge in [0.2, 0.25) is 0 Å². The number of aliphatic hydroxyl groups is 1. The number of halogens is 2. The minimum Gasteiger partial charge on any atom is -0.387 e. The average Bonchev–Trinajstić information content (AvgIpc) is 1.96. The van der Waals surface area contributed by atoms with Crippen LogP contribution in [0.5, 0.6) is 0 Å². The third kappa shape index (κ3) is 1.47. The number of alkyl halides is 2. The van der Waals surface area contributed by atoms with Crippen molar-refractivity contribution in [2.45, 2.75) is 18.4 Å². The molecule has 1 N–H and O–H groups in total. The number of hydrogen-bond donors (Lipinski definition) is 1. The van der Waals surface area contributed by atoms with Crippen LogP contribution in [0.15, 0.2) is 10.2 Å².